The van der Waals surface area contributed by atoms with E-state index < -0.39 is 0 Å². The first-order chi connectivity index (χ1) is 11.2. The Bertz CT molecular complexity index is 415. The number of thioether (sulfide) groups is 1. The Hall–Kier alpha value is -0.790. The quantitative estimate of drug-likeness (QED) is 0.782. The maximum atomic E-state index is 12.4. The van der Waals surface area contributed by atoms with E-state index in [2.05, 4.69) is 5.32 Å². The van der Waals surface area contributed by atoms with Crippen LogP contribution in [0.2, 0.25) is 0 Å². The zero-order valence-corrected chi connectivity index (χ0v) is 14.5. The molecule has 0 spiro atoms. The van der Waals surface area contributed by atoms with Gasteiger partial charge in [0.2, 0.25) is 11.8 Å². The third-order valence-corrected chi connectivity index (χ3v) is 6.09. The molecule has 0 bridgehead atoms. The number of nitrogens with one attached hydrogen (secondary N) is 1. The van der Waals surface area contributed by atoms with E-state index in [-0.39, 0.29) is 11.8 Å². The zero-order valence-electron chi connectivity index (χ0n) is 13.7. The highest BCUT2D eigenvalue weighted by Crippen LogP contribution is 2.27. The number of amides is 2. The van der Waals surface area contributed by atoms with Gasteiger partial charge in [-0.05, 0) is 37.8 Å². The maximum Gasteiger partial charge on any atom is 0.232 e. The second kappa shape index (κ2) is 8.35. The van der Waals surface area contributed by atoms with Crippen molar-refractivity contribution >= 4 is 23.6 Å². The van der Waals surface area contributed by atoms with Crippen LogP contribution in [0.25, 0.3) is 0 Å². The van der Waals surface area contributed by atoms with Gasteiger partial charge >= 0.3 is 0 Å². The smallest absolute Gasteiger partial charge is 0.232 e. The van der Waals surface area contributed by atoms with Crippen LogP contribution >= 0.6 is 11.8 Å². The highest BCUT2D eigenvalue weighted by molar-refractivity contribution is 8.00. The van der Waals surface area contributed by atoms with Crippen molar-refractivity contribution in [2.45, 2.75) is 12.8 Å². The molecule has 3 saturated heterocycles. The molecule has 3 fully saturated rings. The number of hydrogen-bond donors (Lipinski definition) is 1. The summed E-state index contributed by atoms with van der Waals surface area (Å²) in [6.07, 6.45) is 2.22. The Kier molecular flexibility index (Phi) is 6.19. The van der Waals surface area contributed by atoms with Gasteiger partial charge in [0.25, 0.3) is 0 Å². The van der Waals surface area contributed by atoms with Gasteiger partial charge in [-0.1, -0.05) is 0 Å². The Morgan fingerprint density at radius 1 is 0.913 bits per heavy atom. The van der Waals surface area contributed by atoms with Crippen LogP contribution in [0, 0.1) is 11.8 Å². The minimum Gasteiger partial charge on any atom is -0.378 e. The lowest BCUT2D eigenvalue weighted by Crippen LogP contribution is -2.42. The molecule has 0 aliphatic carbocycles. The zero-order chi connectivity index (χ0) is 16.1. The number of rotatable bonds is 4. The van der Waals surface area contributed by atoms with Crippen molar-refractivity contribution in [1.82, 2.24) is 15.1 Å². The Balaban J connectivity index is 1.36. The predicted octanol–water partition coefficient (Wildman–Crippen LogP) is 0.0364. The highest BCUT2D eigenvalue weighted by atomic mass is 32.2. The van der Waals surface area contributed by atoms with E-state index >= 15 is 0 Å². The molecule has 0 aromatic rings. The largest absolute Gasteiger partial charge is 0.378 e. The third kappa shape index (κ3) is 4.61. The first-order valence-electron chi connectivity index (χ1n) is 8.66. The van der Waals surface area contributed by atoms with Gasteiger partial charge in [-0.15, -0.1) is 11.8 Å². The van der Waals surface area contributed by atoms with Crippen LogP contribution in [0.5, 0.6) is 0 Å². The lowest BCUT2D eigenvalue weighted by Gasteiger charge is -2.27. The Morgan fingerprint density at radius 2 is 1.43 bits per heavy atom. The van der Waals surface area contributed by atoms with Crippen molar-refractivity contribution < 1.29 is 14.3 Å². The number of likely N-dealkylation sites (tertiary alicyclic amines) is 1. The van der Waals surface area contributed by atoms with Gasteiger partial charge < -0.3 is 19.9 Å². The summed E-state index contributed by atoms with van der Waals surface area (Å²) in [5.74, 6) is 2.62. The van der Waals surface area contributed by atoms with Gasteiger partial charge in [0.15, 0.2) is 0 Å². The molecular weight excluding hydrogens is 314 g/mol. The molecule has 0 radical (unpaired) electrons. The number of morpholine rings is 1. The third-order valence-electron chi connectivity index (χ3n) is 5.19. The molecule has 3 rings (SSSR count). The fraction of sp³-hybridized carbons (Fsp3) is 0.875. The molecule has 3 heterocycles. The van der Waals surface area contributed by atoms with Crippen molar-refractivity contribution in [2.24, 2.45) is 11.8 Å². The first kappa shape index (κ1) is 17.0. The van der Waals surface area contributed by atoms with E-state index in [1.54, 1.807) is 0 Å². The molecule has 130 valence electrons. The lowest BCUT2D eigenvalue weighted by atomic mass is 9.92. The van der Waals surface area contributed by atoms with Crippen LogP contribution in [0.4, 0.5) is 0 Å². The summed E-state index contributed by atoms with van der Waals surface area (Å²) in [5.41, 5.74) is 0. The molecular formula is C16H27N3O3S. The number of carbonyl (C=O) groups excluding carboxylic acids is 2. The molecule has 3 aliphatic heterocycles. The molecule has 23 heavy (non-hydrogen) atoms. The van der Waals surface area contributed by atoms with Gasteiger partial charge in [-0.2, -0.15) is 0 Å². The molecule has 0 aromatic heterocycles. The lowest BCUT2D eigenvalue weighted by molar-refractivity contribution is -0.132. The van der Waals surface area contributed by atoms with Gasteiger partial charge in [0, 0.05) is 26.2 Å². The normalized spacial score (nSPS) is 28.3. The fourth-order valence-electron chi connectivity index (χ4n) is 3.69. The van der Waals surface area contributed by atoms with Crippen LogP contribution in [0.15, 0.2) is 0 Å². The van der Waals surface area contributed by atoms with Gasteiger partial charge in [0.1, 0.15) is 0 Å². The Labute approximate surface area is 142 Å². The van der Waals surface area contributed by atoms with Crippen LogP contribution < -0.4 is 5.32 Å². The van der Waals surface area contributed by atoms with E-state index in [0.717, 1.165) is 50.9 Å². The van der Waals surface area contributed by atoms with E-state index in [1.807, 2.05) is 9.80 Å². The van der Waals surface area contributed by atoms with Gasteiger partial charge in [-0.25, -0.2) is 0 Å². The molecule has 1 N–H and O–H groups in total. The summed E-state index contributed by atoms with van der Waals surface area (Å²) in [5, 5.41) is 3.46. The minimum atomic E-state index is 0.127. The second-order valence-corrected chi connectivity index (χ2v) is 7.61. The monoisotopic (exact) mass is 341 g/mol. The number of carbonyl (C=O) groups is 2. The van der Waals surface area contributed by atoms with Crippen LogP contribution in [-0.4, -0.2) is 85.6 Å². The number of ether oxygens (including phenoxy) is 1. The molecule has 3 aliphatic rings. The van der Waals surface area contributed by atoms with E-state index in [9.17, 15) is 9.59 Å². The number of hydrogen-bond acceptors (Lipinski definition) is 5. The maximum absolute atomic E-state index is 12.4. The molecule has 2 atom stereocenters. The van der Waals surface area contributed by atoms with Crippen molar-refractivity contribution in [3.63, 3.8) is 0 Å². The van der Waals surface area contributed by atoms with Crippen LogP contribution in [0.3, 0.4) is 0 Å². The van der Waals surface area contributed by atoms with Crippen molar-refractivity contribution in [1.29, 1.82) is 0 Å². The van der Waals surface area contributed by atoms with Gasteiger partial charge in [0.05, 0.1) is 24.7 Å². The molecule has 0 aromatic carbocycles. The minimum absolute atomic E-state index is 0.127. The summed E-state index contributed by atoms with van der Waals surface area (Å²) >= 11 is 1.45. The van der Waals surface area contributed by atoms with Gasteiger partial charge in [-0.3, -0.25) is 9.59 Å². The first-order valence-corrected chi connectivity index (χ1v) is 9.81. The summed E-state index contributed by atoms with van der Waals surface area (Å²) in [4.78, 5) is 28.3. The summed E-state index contributed by atoms with van der Waals surface area (Å²) in [6, 6.07) is 0. The second-order valence-electron chi connectivity index (χ2n) is 6.62. The number of nitrogens with zero attached hydrogens (tertiary/aromatic N) is 2. The summed E-state index contributed by atoms with van der Waals surface area (Å²) in [7, 11) is 0. The molecule has 0 saturated carbocycles. The molecule has 6 nitrogen and oxygen atoms in total. The average molecular weight is 341 g/mol. The highest BCUT2D eigenvalue weighted by Gasteiger charge is 2.31. The molecule has 2 amide bonds. The average Bonchev–Trinajstić information content (AvgIpc) is 2.93. The standard InChI is InChI=1S/C16H27N3O3S/c20-15(11-23-12-16(21)19-5-7-22-8-6-19)18-3-1-13-9-17-10-14(13)2-4-18/h13-14,17H,1-12H2/t13-,14+. The molecule has 7 heteroatoms. The molecule has 0 unspecified atom stereocenters. The summed E-state index contributed by atoms with van der Waals surface area (Å²) in [6.45, 7) is 6.57. The van der Waals surface area contributed by atoms with Crippen LogP contribution in [0.1, 0.15) is 12.8 Å². The van der Waals surface area contributed by atoms with E-state index in [4.69, 9.17) is 4.74 Å². The topological polar surface area (TPSA) is 61.9 Å². The Morgan fingerprint density at radius 3 is 2.00 bits per heavy atom. The SMILES string of the molecule is O=C(CSCC(=O)N1CC[C@@H]2CNC[C@@H]2CC1)N1CCOCC1. The van der Waals surface area contributed by atoms with Crippen molar-refractivity contribution in [3.05, 3.63) is 0 Å². The van der Waals surface area contributed by atoms with Crippen molar-refractivity contribution in [2.75, 3.05) is 64.0 Å². The van der Waals surface area contributed by atoms with E-state index in [1.165, 1.54) is 11.8 Å². The summed E-state index contributed by atoms with van der Waals surface area (Å²) < 4.78 is 5.25. The van der Waals surface area contributed by atoms with Crippen molar-refractivity contribution in [3.8, 4) is 0 Å². The number of fused-ring (bicyclic) bond motifs is 1. The fourth-order valence-corrected chi connectivity index (χ4v) is 4.50. The predicted molar refractivity (Wildman–Crippen MR) is 90.4 cm³/mol. The van der Waals surface area contributed by atoms with E-state index in [0.29, 0.717) is 37.8 Å². The van der Waals surface area contributed by atoms with Crippen LogP contribution in [-0.2, 0) is 14.3 Å².